The number of carbonyl (C=O) groups is 1. The minimum Gasteiger partial charge on any atom is -0.393 e. The largest absolute Gasteiger partial charge is 0.393 e. The van der Waals surface area contributed by atoms with Crippen LogP contribution in [0.1, 0.15) is 12.0 Å². The Morgan fingerprint density at radius 1 is 1.38 bits per heavy atom. The summed E-state index contributed by atoms with van der Waals surface area (Å²) in [6.45, 7) is 0.686. The SMILES string of the molecule is CN(CCc1ccccc1)C(=O)CC(N)=S. The third-order valence-corrected chi connectivity index (χ3v) is 2.47. The van der Waals surface area contributed by atoms with Gasteiger partial charge in [0.25, 0.3) is 0 Å². The van der Waals surface area contributed by atoms with Crippen LogP contribution in [0.25, 0.3) is 0 Å². The fourth-order valence-electron chi connectivity index (χ4n) is 1.35. The number of nitrogens with zero attached hydrogens (tertiary/aromatic N) is 1. The summed E-state index contributed by atoms with van der Waals surface area (Å²) in [6, 6.07) is 10.1. The van der Waals surface area contributed by atoms with E-state index < -0.39 is 0 Å². The standard InChI is InChI=1S/C12H16N2OS/c1-14(12(15)9-11(13)16)8-7-10-5-3-2-4-6-10/h2-6H,7-9H2,1H3,(H2,13,16). The zero-order valence-electron chi connectivity index (χ0n) is 9.35. The molecule has 2 N–H and O–H groups in total. The van der Waals surface area contributed by atoms with Crippen molar-refractivity contribution in [1.82, 2.24) is 4.90 Å². The van der Waals surface area contributed by atoms with Gasteiger partial charge in [0.05, 0.1) is 11.4 Å². The lowest BCUT2D eigenvalue weighted by molar-refractivity contribution is -0.128. The van der Waals surface area contributed by atoms with E-state index in [-0.39, 0.29) is 17.3 Å². The van der Waals surface area contributed by atoms with Gasteiger partial charge in [-0.15, -0.1) is 0 Å². The van der Waals surface area contributed by atoms with Crippen molar-refractivity contribution in [3.05, 3.63) is 35.9 Å². The molecule has 0 saturated heterocycles. The summed E-state index contributed by atoms with van der Waals surface area (Å²) in [6.07, 6.45) is 1.00. The van der Waals surface area contributed by atoms with Crippen molar-refractivity contribution < 1.29 is 4.79 Å². The maximum absolute atomic E-state index is 11.5. The summed E-state index contributed by atoms with van der Waals surface area (Å²) in [5, 5.41) is 0. The van der Waals surface area contributed by atoms with Gasteiger partial charge in [-0.05, 0) is 12.0 Å². The van der Waals surface area contributed by atoms with Gasteiger partial charge in [-0.3, -0.25) is 4.79 Å². The molecule has 0 fully saturated rings. The third-order valence-electron chi connectivity index (χ3n) is 2.33. The Balaban J connectivity index is 2.38. The molecule has 4 heteroatoms. The fourth-order valence-corrected chi connectivity index (χ4v) is 1.47. The Hall–Kier alpha value is -1.42. The van der Waals surface area contributed by atoms with Crippen LogP contribution < -0.4 is 5.73 Å². The highest BCUT2D eigenvalue weighted by Gasteiger charge is 2.09. The summed E-state index contributed by atoms with van der Waals surface area (Å²) in [7, 11) is 1.77. The summed E-state index contributed by atoms with van der Waals surface area (Å²) >= 11 is 4.70. The molecule has 1 aromatic rings. The maximum atomic E-state index is 11.5. The van der Waals surface area contributed by atoms with Gasteiger partial charge in [-0.25, -0.2) is 0 Å². The number of rotatable bonds is 5. The van der Waals surface area contributed by atoms with Crippen molar-refractivity contribution in [3.63, 3.8) is 0 Å². The summed E-state index contributed by atoms with van der Waals surface area (Å²) < 4.78 is 0. The molecule has 0 radical (unpaired) electrons. The van der Waals surface area contributed by atoms with E-state index in [1.54, 1.807) is 11.9 Å². The van der Waals surface area contributed by atoms with E-state index in [0.29, 0.717) is 6.54 Å². The lowest BCUT2D eigenvalue weighted by atomic mass is 10.1. The van der Waals surface area contributed by atoms with Crippen LogP contribution in [0.3, 0.4) is 0 Å². The molecular formula is C12H16N2OS. The second-order valence-electron chi connectivity index (χ2n) is 3.69. The predicted molar refractivity (Wildman–Crippen MR) is 69.2 cm³/mol. The third kappa shape index (κ3) is 4.40. The van der Waals surface area contributed by atoms with Crippen molar-refractivity contribution in [2.24, 2.45) is 5.73 Å². The molecule has 86 valence electrons. The topological polar surface area (TPSA) is 46.3 Å². The number of likely N-dealkylation sites (N-methyl/N-ethyl adjacent to an activating group) is 1. The molecule has 0 aromatic heterocycles. The first-order valence-electron chi connectivity index (χ1n) is 5.16. The molecule has 1 aromatic carbocycles. The molecule has 0 aliphatic rings. The van der Waals surface area contributed by atoms with Crippen molar-refractivity contribution >= 4 is 23.1 Å². The van der Waals surface area contributed by atoms with Gasteiger partial charge in [-0.1, -0.05) is 42.5 Å². The summed E-state index contributed by atoms with van der Waals surface area (Å²) in [4.78, 5) is 13.4. The number of hydrogen-bond donors (Lipinski definition) is 1. The summed E-state index contributed by atoms with van der Waals surface area (Å²) in [5.74, 6) is -0.0246. The minimum atomic E-state index is -0.0246. The Morgan fingerprint density at radius 3 is 2.56 bits per heavy atom. The fraction of sp³-hybridized carbons (Fsp3) is 0.333. The first kappa shape index (κ1) is 12.6. The van der Waals surface area contributed by atoms with E-state index in [0.717, 1.165) is 6.42 Å². The highest BCUT2D eigenvalue weighted by atomic mass is 32.1. The van der Waals surface area contributed by atoms with Crippen molar-refractivity contribution in [2.75, 3.05) is 13.6 Å². The molecule has 0 bridgehead atoms. The number of nitrogens with two attached hydrogens (primary N) is 1. The molecule has 1 rings (SSSR count). The van der Waals surface area contributed by atoms with Gasteiger partial charge in [0.1, 0.15) is 0 Å². The number of benzene rings is 1. The highest BCUT2D eigenvalue weighted by molar-refractivity contribution is 7.80. The van der Waals surface area contributed by atoms with Crippen LogP contribution in [0.5, 0.6) is 0 Å². The quantitative estimate of drug-likeness (QED) is 0.785. The monoisotopic (exact) mass is 236 g/mol. The van der Waals surface area contributed by atoms with E-state index in [9.17, 15) is 4.79 Å². The average molecular weight is 236 g/mol. The molecule has 0 saturated carbocycles. The van der Waals surface area contributed by atoms with Gasteiger partial charge in [0, 0.05) is 13.6 Å². The van der Waals surface area contributed by atoms with Crippen LogP contribution in [-0.4, -0.2) is 29.4 Å². The maximum Gasteiger partial charge on any atom is 0.229 e. The molecular weight excluding hydrogens is 220 g/mol. The first-order chi connectivity index (χ1) is 7.59. The van der Waals surface area contributed by atoms with Crippen LogP contribution in [-0.2, 0) is 11.2 Å². The molecule has 16 heavy (non-hydrogen) atoms. The van der Waals surface area contributed by atoms with Crippen molar-refractivity contribution in [2.45, 2.75) is 12.8 Å². The van der Waals surface area contributed by atoms with Gasteiger partial charge in [0.2, 0.25) is 5.91 Å². The van der Waals surface area contributed by atoms with Crippen LogP contribution in [0.15, 0.2) is 30.3 Å². The van der Waals surface area contributed by atoms with Crippen LogP contribution in [0.2, 0.25) is 0 Å². The van der Waals surface area contributed by atoms with Crippen LogP contribution in [0, 0.1) is 0 Å². The van der Waals surface area contributed by atoms with Crippen molar-refractivity contribution in [3.8, 4) is 0 Å². The van der Waals surface area contributed by atoms with Gasteiger partial charge < -0.3 is 10.6 Å². The van der Waals surface area contributed by atoms with E-state index >= 15 is 0 Å². The molecule has 3 nitrogen and oxygen atoms in total. The second-order valence-corrected chi connectivity index (χ2v) is 4.22. The van der Waals surface area contributed by atoms with Crippen LogP contribution >= 0.6 is 12.2 Å². The Morgan fingerprint density at radius 2 is 2.00 bits per heavy atom. The molecule has 1 amide bonds. The Kier molecular flexibility index (Phi) is 4.92. The zero-order chi connectivity index (χ0) is 12.0. The van der Waals surface area contributed by atoms with E-state index in [1.165, 1.54) is 5.56 Å². The Bertz CT molecular complexity index is 365. The minimum absolute atomic E-state index is 0.0246. The second kappa shape index (κ2) is 6.23. The lowest BCUT2D eigenvalue weighted by Gasteiger charge is -2.16. The molecule has 0 aliphatic heterocycles. The normalized spacial score (nSPS) is 9.81. The molecule has 0 unspecified atom stereocenters. The van der Waals surface area contributed by atoms with E-state index in [1.807, 2.05) is 30.3 Å². The lowest BCUT2D eigenvalue weighted by Crippen LogP contribution is -2.31. The van der Waals surface area contributed by atoms with Gasteiger partial charge >= 0.3 is 0 Å². The first-order valence-corrected chi connectivity index (χ1v) is 5.56. The predicted octanol–water partition coefficient (Wildman–Crippen LogP) is 1.36. The number of hydrogen-bond acceptors (Lipinski definition) is 2. The van der Waals surface area contributed by atoms with Gasteiger partial charge in [-0.2, -0.15) is 0 Å². The van der Waals surface area contributed by atoms with E-state index in [2.05, 4.69) is 0 Å². The summed E-state index contributed by atoms with van der Waals surface area (Å²) in [5.41, 5.74) is 6.54. The average Bonchev–Trinajstić information content (AvgIpc) is 2.26. The number of thiocarbonyl (C=S) groups is 1. The molecule has 0 heterocycles. The van der Waals surface area contributed by atoms with Crippen molar-refractivity contribution in [1.29, 1.82) is 0 Å². The zero-order valence-corrected chi connectivity index (χ0v) is 10.2. The van der Waals surface area contributed by atoms with Gasteiger partial charge in [0.15, 0.2) is 0 Å². The molecule has 0 spiro atoms. The number of amides is 1. The van der Waals surface area contributed by atoms with Crippen LogP contribution in [0.4, 0.5) is 0 Å². The smallest absolute Gasteiger partial charge is 0.229 e. The number of carbonyl (C=O) groups excluding carboxylic acids is 1. The molecule has 0 aliphatic carbocycles. The highest BCUT2D eigenvalue weighted by Crippen LogP contribution is 2.01. The van der Waals surface area contributed by atoms with E-state index in [4.69, 9.17) is 18.0 Å². The molecule has 0 atom stereocenters. The Labute approximate surface area is 101 Å².